The second kappa shape index (κ2) is 9.97. The van der Waals surface area contributed by atoms with Crippen molar-refractivity contribution < 1.29 is 15.0 Å². The van der Waals surface area contributed by atoms with Crippen LogP contribution in [-0.4, -0.2) is 21.8 Å². The van der Waals surface area contributed by atoms with Crippen LogP contribution in [0.2, 0.25) is 0 Å². The topological polar surface area (TPSA) is 57.5 Å². The summed E-state index contributed by atoms with van der Waals surface area (Å²) < 4.78 is 0. The zero-order valence-electron chi connectivity index (χ0n) is 10.5. The molecule has 15 heavy (non-hydrogen) atoms. The fourth-order valence-electron chi connectivity index (χ4n) is 1.05. The second-order valence-electron chi connectivity index (χ2n) is 4.44. The molecule has 0 aromatic rings. The number of aliphatic hydroxyl groups is 1. The SMILES string of the molecule is CC(C)(O)CC(=O)O.CCCCCCC. The highest BCUT2D eigenvalue weighted by Gasteiger charge is 2.16. The van der Waals surface area contributed by atoms with E-state index in [0.29, 0.717) is 0 Å². The zero-order chi connectivity index (χ0) is 12.3. The number of carboxylic acid groups (broad SMARTS) is 1. The number of hydrogen-bond acceptors (Lipinski definition) is 2. The Morgan fingerprint density at radius 2 is 1.47 bits per heavy atom. The van der Waals surface area contributed by atoms with Crippen LogP contribution in [0.4, 0.5) is 0 Å². The Morgan fingerprint density at radius 3 is 1.60 bits per heavy atom. The lowest BCUT2D eigenvalue weighted by atomic mass is 10.1. The van der Waals surface area contributed by atoms with E-state index in [1.54, 1.807) is 0 Å². The Kier molecular flexibility index (Phi) is 11.2. The van der Waals surface area contributed by atoms with Crippen LogP contribution in [0, 0.1) is 0 Å². The summed E-state index contributed by atoms with van der Waals surface area (Å²) in [6.07, 6.45) is 6.81. The van der Waals surface area contributed by atoms with E-state index < -0.39 is 11.6 Å². The predicted octanol–water partition coefficient (Wildman–Crippen LogP) is 3.21. The van der Waals surface area contributed by atoms with Crippen LogP contribution in [0.15, 0.2) is 0 Å². The van der Waals surface area contributed by atoms with E-state index in [-0.39, 0.29) is 6.42 Å². The minimum Gasteiger partial charge on any atom is -0.481 e. The van der Waals surface area contributed by atoms with Crippen molar-refractivity contribution in [1.82, 2.24) is 0 Å². The zero-order valence-corrected chi connectivity index (χ0v) is 10.5. The maximum Gasteiger partial charge on any atom is 0.306 e. The van der Waals surface area contributed by atoms with Crippen molar-refractivity contribution in [1.29, 1.82) is 0 Å². The number of carbonyl (C=O) groups is 1. The lowest BCUT2D eigenvalue weighted by molar-refractivity contribution is -0.141. The van der Waals surface area contributed by atoms with Gasteiger partial charge in [-0.15, -0.1) is 0 Å². The highest BCUT2D eigenvalue weighted by Crippen LogP contribution is 2.05. The van der Waals surface area contributed by atoms with E-state index in [1.807, 2.05) is 0 Å². The summed E-state index contributed by atoms with van der Waals surface area (Å²) in [6, 6.07) is 0. The van der Waals surface area contributed by atoms with Gasteiger partial charge in [0, 0.05) is 0 Å². The normalized spacial score (nSPS) is 10.5. The van der Waals surface area contributed by atoms with Gasteiger partial charge in [0.2, 0.25) is 0 Å². The molecule has 0 heterocycles. The van der Waals surface area contributed by atoms with Gasteiger partial charge in [-0.1, -0.05) is 46.0 Å². The van der Waals surface area contributed by atoms with E-state index in [0.717, 1.165) is 0 Å². The Bertz CT molecular complexity index is 143. The van der Waals surface area contributed by atoms with Crippen LogP contribution in [0.1, 0.15) is 66.2 Å². The van der Waals surface area contributed by atoms with Crippen molar-refractivity contribution in [2.75, 3.05) is 0 Å². The molecular weight excluding hydrogens is 192 g/mol. The van der Waals surface area contributed by atoms with Crippen LogP contribution in [0.3, 0.4) is 0 Å². The average molecular weight is 218 g/mol. The third-order valence-electron chi connectivity index (χ3n) is 1.79. The summed E-state index contributed by atoms with van der Waals surface area (Å²) in [5.74, 6) is -0.975. The van der Waals surface area contributed by atoms with Gasteiger partial charge >= 0.3 is 5.97 Å². The molecule has 0 unspecified atom stereocenters. The average Bonchev–Trinajstić information content (AvgIpc) is 2.01. The van der Waals surface area contributed by atoms with E-state index >= 15 is 0 Å². The Labute approximate surface area is 93.5 Å². The van der Waals surface area contributed by atoms with E-state index in [9.17, 15) is 4.79 Å². The summed E-state index contributed by atoms with van der Waals surface area (Å²) in [5.41, 5.74) is -1.08. The molecule has 0 aromatic heterocycles. The minimum absolute atomic E-state index is 0.201. The molecule has 0 fully saturated rings. The predicted molar refractivity (Wildman–Crippen MR) is 63.0 cm³/mol. The molecule has 2 N–H and O–H groups in total. The molecule has 92 valence electrons. The fraction of sp³-hybridized carbons (Fsp3) is 0.917. The molecule has 0 bridgehead atoms. The maximum atomic E-state index is 9.85. The molecule has 3 heteroatoms. The third-order valence-corrected chi connectivity index (χ3v) is 1.79. The molecular formula is C12H26O3. The van der Waals surface area contributed by atoms with Gasteiger partial charge in [0.1, 0.15) is 0 Å². The molecule has 0 spiro atoms. The molecule has 3 nitrogen and oxygen atoms in total. The number of aliphatic carboxylic acids is 1. The number of hydrogen-bond donors (Lipinski definition) is 2. The van der Waals surface area contributed by atoms with E-state index in [2.05, 4.69) is 13.8 Å². The number of carboxylic acids is 1. The van der Waals surface area contributed by atoms with Gasteiger partial charge in [-0.05, 0) is 13.8 Å². The standard InChI is InChI=1S/C7H16.C5H10O3/c1-3-5-7-6-4-2;1-5(2,8)3-4(6)7/h3-7H2,1-2H3;8H,3H2,1-2H3,(H,6,7). The van der Waals surface area contributed by atoms with Crippen molar-refractivity contribution >= 4 is 5.97 Å². The van der Waals surface area contributed by atoms with Gasteiger partial charge in [-0.2, -0.15) is 0 Å². The summed E-state index contributed by atoms with van der Waals surface area (Å²) in [4.78, 5) is 9.85. The van der Waals surface area contributed by atoms with Crippen molar-refractivity contribution in [3.8, 4) is 0 Å². The Balaban J connectivity index is 0. The molecule has 0 aromatic carbocycles. The summed E-state index contributed by atoms with van der Waals surface area (Å²) >= 11 is 0. The van der Waals surface area contributed by atoms with Gasteiger partial charge in [0.25, 0.3) is 0 Å². The number of rotatable bonds is 6. The van der Waals surface area contributed by atoms with Crippen LogP contribution >= 0.6 is 0 Å². The Hall–Kier alpha value is -0.570. The van der Waals surface area contributed by atoms with E-state index in [4.69, 9.17) is 10.2 Å². The van der Waals surface area contributed by atoms with Crippen molar-refractivity contribution in [3.63, 3.8) is 0 Å². The lowest BCUT2D eigenvalue weighted by Gasteiger charge is -2.12. The summed E-state index contributed by atoms with van der Waals surface area (Å²) in [6.45, 7) is 7.41. The first-order chi connectivity index (χ1) is 6.83. The highest BCUT2D eigenvalue weighted by atomic mass is 16.4. The van der Waals surface area contributed by atoms with Crippen LogP contribution in [0.5, 0.6) is 0 Å². The van der Waals surface area contributed by atoms with Crippen LogP contribution in [-0.2, 0) is 4.79 Å². The van der Waals surface area contributed by atoms with Crippen LogP contribution in [0.25, 0.3) is 0 Å². The molecule has 0 aliphatic heterocycles. The molecule has 0 saturated carbocycles. The molecule has 0 rings (SSSR count). The lowest BCUT2D eigenvalue weighted by Crippen LogP contribution is -2.22. The minimum atomic E-state index is -1.08. The van der Waals surface area contributed by atoms with Crippen molar-refractivity contribution in [3.05, 3.63) is 0 Å². The monoisotopic (exact) mass is 218 g/mol. The first-order valence-corrected chi connectivity index (χ1v) is 5.77. The fourth-order valence-corrected chi connectivity index (χ4v) is 1.05. The number of unbranched alkanes of at least 4 members (excludes halogenated alkanes) is 4. The van der Waals surface area contributed by atoms with Crippen molar-refractivity contribution in [2.45, 2.75) is 71.8 Å². The third kappa shape index (κ3) is 24.7. The smallest absolute Gasteiger partial charge is 0.306 e. The second-order valence-corrected chi connectivity index (χ2v) is 4.44. The molecule has 0 atom stereocenters. The molecule has 0 radical (unpaired) electrons. The first-order valence-electron chi connectivity index (χ1n) is 5.77. The molecule has 0 aliphatic rings. The quantitative estimate of drug-likeness (QED) is 0.673. The van der Waals surface area contributed by atoms with Gasteiger partial charge in [-0.25, -0.2) is 0 Å². The maximum absolute atomic E-state index is 9.85. The van der Waals surface area contributed by atoms with E-state index in [1.165, 1.54) is 46.0 Å². The van der Waals surface area contributed by atoms with Crippen molar-refractivity contribution in [2.24, 2.45) is 0 Å². The Morgan fingerprint density at radius 1 is 1.07 bits per heavy atom. The van der Waals surface area contributed by atoms with Gasteiger partial charge in [0.05, 0.1) is 12.0 Å². The summed E-state index contributed by atoms with van der Waals surface area (Å²) in [7, 11) is 0. The largest absolute Gasteiger partial charge is 0.481 e. The molecule has 0 amide bonds. The molecule has 0 saturated heterocycles. The van der Waals surface area contributed by atoms with Gasteiger partial charge in [0.15, 0.2) is 0 Å². The molecule has 0 aliphatic carbocycles. The summed E-state index contributed by atoms with van der Waals surface area (Å²) in [5, 5.41) is 16.9. The van der Waals surface area contributed by atoms with Crippen LogP contribution < -0.4 is 0 Å². The highest BCUT2D eigenvalue weighted by molar-refractivity contribution is 5.67. The van der Waals surface area contributed by atoms with Gasteiger partial charge < -0.3 is 10.2 Å². The first kappa shape index (κ1) is 16.8. The van der Waals surface area contributed by atoms with Gasteiger partial charge in [-0.3, -0.25) is 4.79 Å².